The van der Waals surface area contributed by atoms with Gasteiger partial charge in [-0.05, 0) is 24.8 Å². The second-order valence-electron chi connectivity index (χ2n) is 3.18. The van der Waals surface area contributed by atoms with Gasteiger partial charge in [-0.1, -0.05) is 0 Å². The standard InChI is InChI=1S/C5H6N2.C5H8O2/c1-2-6-4-5-7-3-1;6-5(7)3-4-1-2-4/h1-6H;4H,1-3H2,(H,6,7). The third-order valence-electron chi connectivity index (χ3n) is 1.78. The lowest BCUT2D eigenvalue weighted by molar-refractivity contribution is -0.137. The average molecular weight is 194 g/mol. The van der Waals surface area contributed by atoms with Gasteiger partial charge in [-0.15, -0.1) is 0 Å². The van der Waals surface area contributed by atoms with Crippen LogP contribution in [0.4, 0.5) is 0 Å². The van der Waals surface area contributed by atoms with Crippen molar-refractivity contribution in [3.05, 3.63) is 24.7 Å². The summed E-state index contributed by atoms with van der Waals surface area (Å²) in [7, 11) is 0. The zero-order chi connectivity index (χ0) is 10.2. The largest absolute Gasteiger partial charge is 0.481 e. The molecule has 14 heavy (non-hydrogen) atoms. The SMILES string of the molecule is C1=CNC=CN=C1.O=C(O)CC1CC1. The van der Waals surface area contributed by atoms with Gasteiger partial charge in [0.25, 0.3) is 0 Å². The Morgan fingerprint density at radius 2 is 2.29 bits per heavy atom. The fraction of sp³-hybridized carbons (Fsp3) is 0.400. The monoisotopic (exact) mass is 194 g/mol. The van der Waals surface area contributed by atoms with Crippen molar-refractivity contribution < 1.29 is 9.90 Å². The number of carboxylic acid groups (broad SMARTS) is 1. The number of aliphatic carboxylic acids is 1. The third-order valence-corrected chi connectivity index (χ3v) is 1.78. The highest BCUT2D eigenvalue weighted by atomic mass is 16.4. The van der Waals surface area contributed by atoms with E-state index in [1.54, 1.807) is 18.6 Å². The van der Waals surface area contributed by atoms with Crippen molar-refractivity contribution >= 4 is 12.2 Å². The van der Waals surface area contributed by atoms with E-state index >= 15 is 0 Å². The second-order valence-corrected chi connectivity index (χ2v) is 3.18. The van der Waals surface area contributed by atoms with Crippen LogP contribution < -0.4 is 5.32 Å². The Morgan fingerprint density at radius 3 is 2.86 bits per heavy atom. The molecule has 0 radical (unpaired) electrons. The lowest BCUT2D eigenvalue weighted by Crippen LogP contribution is -1.93. The summed E-state index contributed by atoms with van der Waals surface area (Å²) in [5.41, 5.74) is 0. The first-order valence-electron chi connectivity index (χ1n) is 4.60. The van der Waals surface area contributed by atoms with Crippen molar-refractivity contribution in [3.63, 3.8) is 0 Å². The van der Waals surface area contributed by atoms with Crippen molar-refractivity contribution in [1.82, 2.24) is 5.32 Å². The van der Waals surface area contributed by atoms with Crippen LogP contribution in [-0.2, 0) is 4.79 Å². The number of carbonyl (C=O) groups is 1. The second kappa shape index (κ2) is 5.96. The normalized spacial score (nSPS) is 17.7. The minimum absolute atomic E-state index is 0.389. The molecule has 1 heterocycles. The Bertz CT molecular complexity index is 251. The first-order chi connectivity index (χ1) is 6.79. The van der Waals surface area contributed by atoms with Crippen LogP contribution in [0.5, 0.6) is 0 Å². The molecule has 0 spiro atoms. The lowest BCUT2D eigenvalue weighted by atomic mass is 10.3. The number of nitrogens with zero attached hydrogens (tertiary/aromatic N) is 1. The van der Waals surface area contributed by atoms with Crippen LogP contribution in [-0.4, -0.2) is 17.3 Å². The number of allylic oxidation sites excluding steroid dienone is 1. The molecule has 1 fully saturated rings. The predicted molar refractivity (Wildman–Crippen MR) is 54.9 cm³/mol. The Kier molecular flexibility index (Phi) is 4.47. The third kappa shape index (κ3) is 5.99. The van der Waals surface area contributed by atoms with E-state index in [2.05, 4.69) is 10.3 Å². The molecule has 0 saturated heterocycles. The average Bonchev–Trinajstić information content (AvgIpc) is 2.89. The van der Waals surface area contributed by atoms with E-state index in [0.29, 0.717) is 12.3 Å². The Labute approximate surface area is 83.0 Å². The summed E-state index contributed by atoms with van der Waals surface area (Å²) >= 11 is 0. The molecule has 0 aromatic rings. The van der Waals surface area contributed by atoms with Crippen LogP contribution in [0.2, 0.25) is 0 Å². The van der Waals surface area contributed by atoms with Gasteiger partial charge in [0.2, 0.25) is 0 Å². The van der Waals surface area contributed by atoms with Gasteiger partial charge in [0, 0.05) is 31.2 Å². The zero-order valence-electron chi connectivity index (χ0n) is 7.89. The number of nitrogens with one attached hydrogen (secondary N) is 1. The van der Waals surface area contributed by atoms with Gasteiger partial charge in [-0.2, -0.15) is 0 Å². The van der Waals surface area contributed by atoms with E-state index in [4.69, 9.17) is 5.11 Å². The summed E-state index contributed by atoms with van der Waals surface area (Å²) < 4.78 is 0. The lowest BCUT2D eigenvalue weighted by Gasteiger charge is -1.82. The van der Waals surface area contributed by atoms with Crippen molar-refractivity contribution in [2.45, 2.75) is 19.3 Å². The number of rotatable bonds is 2. The van der Waals surface area contributed by atoms with E-state index in [1.807, 2.05) is 12.3 Å². The van der Waals surface area contributed by atoms with Crippen LogP contribution in [0.1, 0.15) is 19.3 Å². The molecule has 76 valence electrons. The molecule has 2 aliphatic rings. The van der Waals surface area contributed by atoms with Crippen LogP contribution in [0, 0.1) is 5.92 Å². The van der Waals surface area contributed by atoms with Crippen molar-refractivity contribution in [1.29, 1.82) is 0 Å². The summed E-state index contributed by atoms with van der Waals surface area (Å²) in [6, 6.07) is 0. The maximum Gasteiger partial charge on any atom is 0.303 e. The highest BCUT2D eigenvalue weighted by Gasteiger charge is 2.23. The molecule has 2 rings (SSSR count). The first kappa shape index (κ1) is 10.5. The molecule has 0 unspecified atom stereocenters. The maximum absolute atomic E-state index is 9.85. The highest BCUT2D eigenvalue weighted by molar-refractivity contribution is 5.71. The summed E-state index contributed by atoms with van der Waals surface area (Å²) in [6.45, 7) is 0. The van der Waals surface area contributed by atoms with Gasteiger partial charge in [0.15, 0.2) is 0 Å². The van der Waals surface area contributed by atoms with Gasteiger partial charge in [0.05, 0.1) is 0 Å². The number of hydrogen-bond acceptors (Lipinski definition) is 3. The van der Waals surface area contributed by atoms with Crippen molar-refractivity contribution in [2.24, 2.45) is 10.9 Å². The molecule has 0 amide bonds. The molecule has 0 aromatic heterocycles. The van der Waals surface area contributed by atoms with E-state index < -0.39 is 5.97 Å². The molecule has 2 N–H and O–H groups in total. The number of aliphatic imine (C=N–C) groups is 1. The molecule has 0 bridgehead atoms. The summed E-state index contributed by atoms with van der Waals surface area (Å²) in [4.78, 5) is 13.7. The molecular weight excluding hydrogens is 180 g/mol. The zero-order valence-corrected chi connectivity index (χ0v) is 7.89. The predicted octanol–water partition coefficient (Wildman–Crippen LogP) is 1.52. The fourth-order valence-electron chi connectivity index (χ4n) is 0.909. The minimum atomic E-state index is -0.650. The van der Waals surface area contributed by atoms with Crippen molar-refractivity contribution in [3.8, 4) is 0 Å². The molecule has 0 aromatic carbocycles. The van der Waals surface area contributed by atoms with Gasteiger partial charge < -0.3 is 10.4 Å². The van der Waals surface area contributed by atoms with E-state index in [-0.39, 0.29) is 0 Å². The Hall–Kier alpha value is -1.58. The van der Waals surface area contributed by atoms with Gasteiger partial charge >= 0.3 is 5.97 Å². The van der Waals surface area contributed by atoms with Crippen LogP contribution in [0.25, 0.3) is 0 Å². The van der Waals surface area contributed by atoms with Gasteiger partial charge in [-0.25, -0.2) is 0 Å². The van der Waals surface area contributed by atoms with E-state index in [1.165, 1.54) is 0 Å². The Morgan fingerprint density at radius 1 is 1.50 bits per heavy atom. The molecule has 1 aliphatic carbocycles. The van der Waals surface area contributed by atoms with E-state index in [0.717, 1.165) is 12.8 Å². The molecule has 1 saturated carbocycles. The number of hydrogen-bond donors (Lipinski definition) is 2. The van der Waals surface area contributed by atoms with Gasteiger partial charge in [0.1, 0.15) is 0 Å². The van der Waals surface area contributed by atoms with Crippen molar-refractivity contribution in [2.75, 3.05) is 0 Å². The molecular formula is C10H14N2O2. The smallest absolute Gasteiger partial charge is 0.303 e. The fourth-order valence-corrected chi connectivity index (χ4v) is 0.909. The number of carboxylic acids is 1. The summed E-state index contributed by atoms with van der Waals surface area (Å²) in [5, 5.41) is 11.0. The minimum Gasteiger partial charge on any atom is -0.481 e. The molecule has 0 atom stereocenters. The maximum atomic E-state index is 9.85. The first-order valence-corrected chi connectivity index (χ1v) is 4.60. The summed E-state index contributed by atoms with van der Waals surface area (Å²) in [5.74, 6) is -0.125. The van der Waals surface area contributed by atoms with Crippen LogP contribution >= 0.6 is 0 Å². The Balaban J connectivity index is 0.000000140. The van der Waals surface area contributed by atoms with E-state index in [9.17, 15) is 4.79 Å². The molecule has 1 aliphatic heterocycles. The van der Waals surface area contributed by atoms with Crippen LogP contribution in [0.15, 0.2) is 29.7 Å². The quantitative estimate of drug-likeness (QED) is 0.700. The van der Waals surface area contributed by atoms with Gasteiger partial charge in [-0.3, -0.25) is 9.79 Å². The highest BCUT2D eigenvalue weighted by Crippen LogP contribution is 2.31. The summed E-state index contributed by atoms with van der Waals surface area (Å²) in [6.07, 6.45) is 11.5. The molecule has 4 heteroatoms. The molecule has 4 nitrogen and oxygen atoms in total. The van der Waals surface area contributed by atoms with Crippen LogP contribution in [0.3, 0.4) is 0 Å². The topological polar surface area (TPSA) is 61.7 Å².